The van der Waals surface area contributed by atoms with E-state index in [1.807, 2.05) is 0 Å². The van der Waals surface area contributed by atoms with Crippen molar-refractivity contribution in [1.29, 1.82) is 0 Å². The number of aliphatic hydroxyl groups excluding tert-OH is 4. The maximum atomic E-state index is 12.7. The number of amides is 2. The third kappa shape index (κ3) is 14.0. The van der Waals surface area contributed by atoms with Crippen LogP contribution in [-0.4, -0.2) is 146 Å². The van der Waals surface area contributed by atoms with Crippen LogP contribution in [0.25, 0.3) is 11.2 Å². The first-order valence-electron chi connectivity index (χ1n) is 16.5. The second-order valence-electron chi connectivity index (χ2n) is 13.8. The van der Waals surface area contributed by atoms with Gasteiger partial charge in [0.25, 0.3) is 0 Å². The lowest BCUT2D eigenvalue weighted by Crippen LogP contribution is -2.46. The van der Waals surface area contributed by atoms with Gasteiger partial charge in [-0.3, -0.25) is 32.5 Å². The number of carbonyl (C=O) groups is 3. The van der Waals surface area contributed by atoms with Crippen LogP contribution >= 0.6 is 35.2 Å². The zero-order chi connectivity index (χ0) is 43.1. The van der Waals surface area contributed by atoms with Gasteiger partial charge < -0.3 is 61.1 Å². The first-order valence-corrected chi connectivity index (χ1v) is 22.1. The molecule has 3 rings (SSSR count). The first kappa shape index (κ1) is 48.8. The van der Waals surface area contributed by atoms with E-state index < -0.39 is 108 Å². The van der Waals surface area contributed by atoms with Crippen LogP contribution in [-0.2, 0) is 50.7 Å². The highest BCUT2D eigenvalue weighted by atomic mass is 32.2. The average Bonchev–Trinajstić information content (AvgIpc) is 3.67. The van der Waals surface area contributed by atoms with E-state index in [-0.39, 0.29) is 42.2 Å². The minimum Gasteiger partial charge on any atom is -0.396 e. The summed E-state index contributed by atoms with van der Waals surface area (Å²) in [7, 11) is -16.4. The molecule has 1 fully saturated rings. The maximum absolute atomic E-state index is 12.7. The summed E-state index contributed by atoms with van der Waals surface area (Å²) in [5.41, 5.74) is 3.16. The summed E-state index contributed by atoms with van der Waals surface area (Å²) in [5.74, 6) is -1.49. The van der Waals surface area contributed by atoms with Crippen molar-refractivity contribution in [2.45, 2.75) is 70.9 Å². The van der Waals surface area contributed by atoms with Crippen LogP contribution in [0.3, 0.4) is 0 Å². The number of nitrogens with two attached hydrogens (primary N) is 1. The largest absolute Gasteiger partial charge is 0.481 e. The van der Waals surface area contributed by atoms with Gasteiger partial charge in [0.2, 0.25) is 16.9 Å². The number of nitrogens with zero attached hydrogens (tertiary/aromatic N) is 4. The van der Waals surface area contributed by atoms with Crippen molar-refractivity contribution in [1.82, 2.24) is 30.2 Å². The van der Waals surface area contributed by atoms with Gasteiger partial charge >= 0.3 is 23.5 Å². The fraction of sp³-hybridized carbons (Fsp3) is 0.704. The van der Waals surface area contributed by atoms with E-state index in [0.717, 1.165) is 29.0 Å². The molecule has 324 valence electrons. The second kappa shape index (κ2) is 19.7. The summed E-state index contributed by atoms with van der Waals surface area (Å²) in [5, 5.41) is 44.9. The summed E-state index contributed by atoms with van der Waals surface area (Å²) in [6.45, 7) is 2.77. The summed E-state index contributed by atoms with van der Waals surface area (Å²) in [6, 6.07) is 0. The normalized spacial score (nSPS) is 22.4. The van der Waals surface area contributed by atoms with Crippen LogP contribution in [0.2, 0.25) is 0 Å². The molecule has 0 saturated carbocycles. The molecule has 1 aliphatic heterocycles. The van der Waals surface area contributed by atoms with E-state index in [9.17, 15) is 68.1 Å². The van der Waals surface area contributed by atoms with Crippen LogP contribution in [0.4, 0.5) is 5.82 Å². The van der Waals surface area contributed by atoms with Crippen molar-refractivity contribution in [2.75, 3.05) is 44.4 Å². The summed E-state index contributed by atoms with van der Waals surface area (Å²) >= 11 is 0.759. The second-order valence-corrected chi connectivity index (χ2v) is 19.1. The molecule has 1 saturated heterocycles. The number of imidazole rings is 1. The van der Waals surface area contributed by atoms with Gasteiger partial charge in [-0.05, 0) is 0 Å². The smallest absolute Gasteiger partial charge is 0.396 e. The van der Waals surface area contributed by atoms with Crippen molar-refractivity contribution in [3.05, 3.63) is 12.7 Å². The minimum absolute atomic E-state index is 0.0200. The Morgan fingerprint density at radius 2 is 1.63 bits per heavy atom. The molecule has 57 heavy (non-hydrogen) atoms. The monoisotopic (exact) mass is 897 g/mol. The predicted molar refractivity (Wildman–Crippen MR) is 194 cm³/mol. The number of ether oxygens (including phenoxy) is 1. The third-order valence-electron chi connectivity index (χ3n) is 8.12. The number of fused-ring (bicyclic) bond motifs is 1. The number of thioether (sulfide) groups is 1. The number of aliphatic hydroxyl groups is 4. The molecule has 0 spiro atoms. The number of carbonyl (C=O) groups excluding carboxylic acids is 3. The lowest BCUT2D eigenvalue weighted by atomic mass is 9.87. The Hall–Kier alpha value is -2.52. The van der Waals surface area contributed by atoms with Crippen molar-refractivity contribution >= 4 is 69.1 Å². The van der Waals surface area contributed by atoms with Crippen molar-refractivity contribution < 1.29 is 90.7 Å². The topological polar surface area (TPSA) is 404 Å². The van der Waals surface area contributed by atoms with Gasteiger partial charge in [-0.1, -0.05) is 39.5 Å². The summed E-state index contributed by atoms with van der Waals surface area (Å²) in [4.78, 5) is 87.6. The molecule has 0 aliphatic carbocycles. The lowest BCUT2D eigenvalue weighted by molar-refractivity contribution is -0.137. The molecule has 2 aromatic rings. The molecule has 30 heteroatoms. The Balaban J connectivity index is 1.48. The molecule has 0 radical (unpaired) electrons. The Morgan fingerprint density at radius 3 is 2.26 bits per heavy atom. The Labute approximate surface area is 328 Å². The summed E-state index contributed by atoms with van der Waals surface area (Å²) in [6.07, 6.45) is -8.52. The molecule has 26 nitrogen and oxygen atoms in total. The van der Waals surface area contributed by atoms with Gasteiger partial charge in [-0.25, -0.2) is 28.6 Å². The number of phosphoric ester groups is 3. The fourth-order valence-corrected chi connectivity index (χ4v) is 8.48. The minimum atomic E-state index is -5.59. The molecular formula is C27H46N7O19P3S. The molecule has 3 heterocycles. The highest BCUT2D eigenvalue weighted by molar-refractivity contribution is 8.13. The molecular weight excluding hydrogens is 851 g/mol. The van der Waals surface area contributed by atoms with Gasteiger partial charge in [0.1, 0.15) is 42.4 Å². The van der Waals surface area contributed by atoms with E-state index in [2.05, 4.69) is 34.4 Å². The number of anilines is 1. The fourth-order valence-electron chi connectivity index (χ4n) is 4.77. The molecule has 1 aliphatic rings. The van der Waals surface area contributed by atoms with E-state index in [1.54, 1.807) is 0 Å². The third-order valence-corrected chi connectivity index (χ3v) is 12.1. The van der Waals surface area contributed by atoms with Gasteiger partial charge in [0.15, 0.2) is 17.7 Å². The highest BCUT2D eigenvalue weighted by Gasteiger charge is 2.50. The molecule has 2 amide bonds. The number of rotatable bonds is 22. The van der Waals surface area contributed by atoms with Gasteiger partial charge in [0.05, 0.1) is 26.1 Å². The van der Waals surface area contributed by atoms with E-state index in [4.69, 9.17) is 19.5 Å². The molecule has 8 atom stereocenters. The molecule has 2 unspecified atom stereocenters. The standard InChI is InChI=1S/C27H46N7O19P3S/c1-26(2,10-35)20(39)25(41)57-8-7-29-15(36)5-6-30-23(40)19(38)27(3,4)11-50-56(47,48)53-55(45,46)49-9-14-18(52-54(42,43)44)17(37)24(51-14)34-13-33-16-21(28)31-12-32-22(16)34/h12-14,17-20,24,35,37-39H,5-11H2,1-4H3,(H,29,36)(H,30,40)(H,45,46)(H,47,48)(H2,28,31,32)(H2,42,43,44)/t14-,17-,18-,19+,20-,24-/m1/s1. The van der Waals surface area contributed by atoms with Gasteiger partial charge in [-0.15, -0.1) is 0 Å². The first-order chi connectivity index (χ1) is 26.2. The van der Waals surface area contributed by atoms with E-state index in [1.165, 1.54) is 27.7 Å². The average molecular weight is 898 g/mol. The maximum Gasteiger partial charge on any atom is 0.481 e. The van der Waals surface area contributed by atoms with E-state index >= 15 is 0 Å². The van der Waals surface area contributed by atoms with Crippen LogP contribution in [0, 0.1) is 10.8 Å². The number of aromatic nitrogens is 4. The van der Waals surface area contributed by atoms with Crippen LogP contribution in [0.5, 0.6) is 0 Å². The van der Waals surface area contributed by atoms with Crippen LogP contribution in [0.15, 0.2) is 12.7 Å². The number of hydrogen-bond acceptors (Lipinski definition) is 20. The number of nitrogens with one attached hydrogen (secondary N) is 2. The van der Waals surface area contributed by atoms with Gasteiger partial charge in [-0.2, -0.15) is 4.31 Å². The Kier molecular flexibility index (Phi) is 16.9. The van der Waals surface area contributed by atoms with Crippen LogP contribution < -0.4 is 16.4 Å². The van der Waals surface area contributed by atoms with Crippen LogP contribution in [0.1, 0.15) is 40.3 Å². The Morgan fingerprint density at radius 1 is 0.982 bits per heavy atom. The number of phosphoric acid groups is 3. The Bertz CT molecular complexity index is 1880. The van der Waals surface area contributed by atoms with Crippen molar-refractivity contribution in [3.8, 4) is 0 Å². The van der Waals surface area contributed by atoms with Gasteiger partial charge in [0, 0.05) is 36.1 Å². The highest BCUT2D eigenvalue weighted by Crippen LogP contribution is 2.61. The summed E-state index contributed by atoms with van der Waals surface area (Å²) < 4.78 is 62.0. The number of hydrogen-bond donors (Lipinski definition) is 11. The SMILES string of the molecule is CC(C)(CO)[C@H](O)C(=O)SCCNC(=O)CCNC(=O)[C@H](O)C(C)(C)COP(=O)(O)OP(=O)(O)OC[C@H]1O[C@@H](n2cnc3c(N)ncnc32)[C@H](O)[C@@H]1OP(=O)(O)O. The lowest BCUT2D eigenvalue weighted by Gasteiger charge is -2.30. The predicted octanol–water partition coefficient (Wildman–Crippen LogP) is -1.96. The van der Waals surface area contributed by atoms with E-state index in [0.29, 0.717) is 0 Å². The number of nitrogen functional groups attached to an aromatic ring is 1. The molecule has 0 bridgehead atoms. The molecule has 2 aromatic heterocycles. The zero-order valence-corrected chi connectivity index (χ0v) is 34.3. The zero-order valence-electron chi connectivity index (χ0n) is 30.8. The van der Waals surface area contributed by atoms with Crippen molar-refractivity contribution in [2.24, 2.45) is 10.8 Å². The molecule has 12 N–H and O–H groups in total. The molecule has 0 aromatic carbocycles. The van der Waals surface area contributed by atoms with Crippen molar-refractivity contribution in [3.63, 3.8) is 0 Å². The quantitative estimate of drug-likeness (QED) is 0.0452.